The first-order chi connectivity index (χ1) is 16.0. The molecule has 0 atom stereocenters. The maximum Gasteiger partial charge on any atom is 0.264 e. The van der Waals surface area contributed by atoms with Crippen molar-refractivity contribution >= 4 is 32.4 Å². The highest BCUT2D eigenvalue weighted by Gasteiger charge is 2.21. The van der Waals surface area contributed by atoms with E-state index >= 15 is 0 Å². The van der Waals surface area contributed by atoms with Gasteiger partial charge in [-0.2, -0.15) is 0 Å². The van der Waals surface area contributed by atoms with Gasteiger partial charge in [-0.15, -0.1) is 0 Å². The number of rotatable bonds is 8. The lowest BCUT2D eigenvalue weighted by Crippen LogP contribution is -2.28. The van der Waals surface area contributed by atoms with Gasteiger partial charge in [-0.05, 0) is 47.9 Å². The number of anilines is 1. The van der Waals surface area contributed by atoms with Crippen molar-refractivity contribution in [3.63, 3.8) is 0 Å². The zero-order valence-electron chi connectivity index (χ0n) is 18.1. The monoisotopic (exact) mass is 460 g/mol. The highest BCUT2D eigenvalue weighted by molar-refractivity contribution is 7.92. The summed E-state index contributed by atoms with van der Waals surface area (Å²) in [7, 11) is -2.18. The molecule has 0 aromatic heterocycles. The summed E-state index contributed by atoms with van der Waals surface area (Å²) in [6.07, 6.45) is 0. The Bertz CT molecular complexity index is 1350. The third-order valence-electron chi connectivity index (χ3n) is 5.29. The second kappa shape index (κ2) is 9.75. The molecule has 168 valence electrons. The summed E-state index contributed by atoms with van der Waals surface area (Å²) in [5, 5.41) is 4.95. The maximum absolute atomic E-state index is 12.8. The maximum atomic E-state index is 12.8. The van der Waals surface area contributed by atoms with Gasteiger partial charge >= 0.3 is 0 Å². The summed E-state index contributed by atoms with van der Waals surface area (Å²) < 4.78 is 32.6. The first kappa shape index (κ1) is 22.4. The van der Waals surface area contributed by atoms with Gasteiger partial charge in [0, 0.05) is 18.0 Å². The SMILES string of the molecule is CN(c1ccc(C(=O)NCCOc2cccc3ccccc23)cc1)S(=O)(=O)c1ccccc1. The minimum Gasteiger partial charge on any atom is -0.491 e. The molecule has 0 aliphatic heterocycles. The van der Waals surface area contributed by atoms with E-state index in [1.807, 2.05) is 42.5 Å². The van der Waals surface area contributed by atoms with E-state index in [0.717, 1.165) is 16.5 Å². The fraction of sp³-hybridized carbons (Fsp3) is 0.115. The van der Waals surface area contributed by atoms with E-state index in [9.17, 15) is 13.2 Å². The Morgan fingerprint density at radius 2 is 1.52 bits per heavy atom. The number of benzene rings is 4. The van der Waals surface area contributed by atoms with Gasteiger partial charge in [0.15, 0.2) is 0 Å². The van der Waals surface area contributed by atoms with Crippen LogP contribution in [0.1, 0.15) is 10.4 Å². The second-order valence-corrected chi connectivity index (χ2v) is 9.38. The van der Waals surface area contributed by atoms with Crippen LogP contribution in [-0.4, -0.2) is 34.5 Å². The molecule has 1 N–H and O–H groups in total. The molecule has 4 aromatic carbocycles. The molecule has 0 spiro atoms. The van der Waals surface area contributed by atoms with Crippen molar-refractivity contribution in [1.29, 1.82) is 0 Å². The van der Waals surface area contributed by atoms with Crippen molar-refractivity contribution < 1.29 is 17.9 Å². The predicted molar refractivity (Wildman–Crippen MR) is 130 cm³/mol. The first-order valence-electron chi connectivity index (χ1n) is 10.5. The lowest BCUT2D eigenvalue weighted by molar-refractivity contribution is 0.0947. The number of carbonyl (C=O) groups excluding carboxylic acids is 1. The largest absolute Gasteiger partial charge is 0.491 e. The zero-order chi connectivity index (χ0) is 23.3. The summed E-state index contributed by atoms with van der Waals surface area (Å²) >= 11 is 0. The van der Waals surface area contributed by atoms with Crippen LogP contribution in [0.4, 0.5) is 5.69 Å². The highest BCUT2D eigenvalue weighted by atomic mass is 32.2. The van der Waals surface area contributed by atoms with Crippen LogP contribution in [0.2, 0.25) is 0 Å². The molecule has 0 heterocycles. The number of amides is 1. The van der Waals surface area contributed by atoms with Crippen LogP contribution in [0.15, 0.2) is 102 Å². The van der Waals surface area contributed by atoms with Gasteiger partial charge in [0.05, 0.1) is 17.1 Å². The van der Waals surface area contributed by atoms with E-state index < -0.39 is 10.0 Å². The van der Waals surface area contributed by atoms with E-state index in [2.05, 4.69) is 5.32 Å². The molecule has 0 saturated heterocycles. The Balaban J connectivity index is 1.34. The Hall–Kier alpha value is -3.84. The van der Waals surface area contributed by atoms with Crippen molar-refractivity contribution in [3.8, 4) is 5.75 Å². The molecule has 6 nitrogen and oxygen atoms in total. The van der Waals surface area contributed by atoms with Crippen molar-refractivity contribution in [1.82, 2.24) is 5.32 Å². The number of sulfonamides is 1. The van der Waals surface area contributed by atoms with Crippen LogP contribution in [0, 0.1) is 0 Å². The van der Waals surface area contributed by atoms with E-state index in [1.54, 1.807) is 54.6 Å². The summed E-state index contributed by atoms with van der Waals surface area (Å²) in [5.41, 5.74) is 0.907. The quantitative estimate of drug-likeness (QED) is 0.394. The Labute approximate surface area is 193 Å². The molecule has 0 radical (unpaired) electrons. The molecular weight excluding hydrogens is 436 g/mol. The third kappa shape index (κ3) is 4.99. The van der Waals surface area contributed by atoms with Gasteiger partial charge < -0.3 is 10.1 Å². The average molecular weight is 461 g/mol. The summed E-state index contributed by atoms with van der Waals surface area (Å²) in [6, 6.07) is 28.5. The number of hydrogen-bond donors (Lipinski definition) is 1. The zero-order valence-corrected chi connectivity index (χ0v) is 19.0. The molecule has 33 heavy (non-hydrogen) atoms. The van der Waals surface area contributed by atoms with Crippen LogP contribution in [0.5, 0.6) is 5.75 Å². The minimum atomic E-state index is -3.67. The van der Waals surface area contributed by atoms with Gasteiger partial charge in [0.1, 0.15) is 12.4 Å². The number of ether oxygens (including phenoxy) is 1. The highest BCUT2D eigenvalue weighted by Crippen LogP contribution is 2.25. The molecule has 0 bridgehead atoms. The molecule has 0 aliphatic carbocycles. The molecule has 7 heteroatoms. The van der Waals surface area contributed by atoms with Crippen LogP contribution >= 0.6 is 0 Å². The second-order valence-electron chi connectivity index (χ2n) is 7.41. The summed E-state index contributed by atoms with van der Waals surface area (Å²) in [6.45, 7) is 0.669. The Morgan fingerprint density at radius 3 is 2.27 bits per heavy atom. The summed E-state index contributed by atoms with van der Waals surface area (Å²) in [4.78, 5) is 12.7. The fourth-order valence-electron chi connectivity index (χ4n) is 3.46. The molecule has 4 rings (SSSR count). The first-order valence-corrected chi connectivity index (χ1v) is 11.9. The molecular formula is C26H24N2O4S. The van der Waals surface area contributed by atoms with E-state index in [-0.39, 0.29) is 10.8 Å². The molecule has 0 fully saturated rings. The van der Waals surface area contributed by atoms with Crippen LogP contribution in [0.25, 0.3) is 10.8 Å². The minimum absolute atomic E-state index is 0.209. The molecule has 1 amide bonds. The molecule has 0 aliphatic rings. The van der Waals surface area contributed by atoms with E-state index in [1.165, 1.54) is 11.4 Å². The van der Waals surface area contributed by atoms with Gasteiger partial charge in [-0.3, -0.25) is 9.10 Å². The fourth-order valence-corrected chi connectivity index (χ4v) is 4.68. The average Bonchev–Trinajstić information content (AvgIpc) is 2.86. The van der Waals surface area contributed by atoms with Crippen LogP contribution in [-0.2, 0) is 10.0 Å². The number of nitrogens with one attached hydrogen (secondary N) is 1. The molecule has 0 unspecified atom stereocenters. The number of carbonyl (C=O) groups is 1. The standard InChI is InChI=1S/C26H24N2O4S/c1-28(33(30,31)23-10-3-2-4-11-23)22-16-14-21(15-17-22)26(29)27-18-19-32-25-13-7-9-20-8-5-6-12-24(20)25/h2-17H,18-19H2,1H3,(H,27,29). The predicted octanol–water partition coefficient (Wildman–Crippen LogP) is 4.47. The van der Waals surface area contributed by atoms with Gasteiger partial charge in [-0.1, -0.05) is 54.6 Å². The Morgan fingerprint density at radius 1 is 0.848 bits per heavy atom. The smallest absolute Gasteiger partial charge is 0.264 e. The van der Waals surface area contributed by atoms with Gasteiger partial charge in [0.2, 0.25) is 0 Å². The normalized spacial score (nSPS) is 11.2. The molecule has 4 aromatic rings. The Kier molecular flexibility index (Phi) is 6.60. The van der Waals surface area contributed by atoms with E-state index in [0.29, 0.717) is 24.4 Å². The number of fused-ring (bicyclic) bond motifs is 1. The van der Waals surface area contributed by atoms with Gasteiger partial charge in [-0.25, -0.2) is 8.42 Å². The summed E-state index contributed by atoms with van der Waals surface area (Å²) in [5.74, 6) is 0.519. The van der Waals surface area contributed by atoms with E-state index in [4.69, 9.17) is 4.74 Å². The number of hydrogen-bond acceptors (Lipinski definition) is 4. The lowest BCUT2D eigenvalue weighted by Gasteiger charge is -2.19. The van der Waals surface area contributed by atoms with Crippen molar-refractivity contribution in [2.45, 2.75) is 4.90 Å². The lowest BCUT2D eigenvalue weighted by atomic mass is 10.1. The van der Waals surface area contributed by atoms with Crippen molar-refractivity contribution in [3.05, 3.63) is 103 Å². The van der Waals surface area contributed by atoms with Crippen molar-refractivity contribution in [2.24, 2.45) is 0 Å². The molecule has 0 saturated carbocycles. The van der Waals surface area contributed by atoms with Gasteiger partial charge in [0.25, 0.3) is 15.9 Å². The van der Waals surface area contributed by atoms with Crippen LogP contribution in [0.3, 0.4) is 0 Å². The third-order valence-corrected chi connectivity index (χ3v) is 7.09. The van der Waals surface area contributed by atoms with Crippen molar-refractivity contribution in [2.75, 3.05) is 24.5 Å². The number of nitrogens with zero attached hydrogens (tertiary/aromatic N) is 1. The topological polar surface area (TPSA) is 75.7 Å². The van der Waals surface area contributed by atoms with Crippen LogP contribution < -0.4 is 14.4 Å².